The van der Waals surface area contributed by atoms with Gasteiger partial charge in [-0.05, 0) is 18.3 Å². The zero-order valence-corrected chi connectivity index (χ0v) is 19.7. The highest BCUT2D eigenvalue weighted by atomic mass is 16.6. The fraction of sp³-hybridized carbons (Fsp3) is 0.909. The van der Waals surface area contributed by atoms with Crippen LogP contribution in [0.5, 0.6) is 0 Å². The molecule has 8 heteroatoms. The van der Waals surface area contributed by atoms with Crippen molar-refractivity contribution < 1.29 is 28.5 Å². The van der Waals surface area contributed by atoms with E-state index in [0.717, 1.165) is 19.3 Å². The van der Waals surface area contributed by atoms with Crippen LogP contribution in [-0.4, -0.2) is 77.8 Å². The van der Waals surface area contributed by atoms with Crippen LogP contribution in [0.1, 0.15) is 53.9 Å². The van der Waals surface area contributed by atoms with Crippen LogP contribution >= 0.6 is 0 Å². The van der Waals surface area contributed by atoms with E-state index in [-0.39, 0.29) is 29.8 Å². The third kappa shape index (κ3) is 17.6. The maximum atomic E-state index is 11.7. The van der Waals surface area contributed by atoms with E-state index in [1.54, 1.807) is 0 Å². The lowest BCUT2D eigenvalue weighted by atomic mass is 9.90. The van der Waals surface area contributed by atoms with E-state index >= 15 is 0 Å². The minimum Gasteiger partial charge on any atom is -0.377 e. The molecule has 8 nitrogen and oxygen atoms in total. The van der Waals surface area contributed by atoms with E-state index in [1.165, 1.54) is 0 Å². The minimum atomic E-state index is -0.102. The van der Waals surface area contributed by atoms with E-state index in [9.17, 15) is 9.59 Å². The molecule has 0 aromatic carbocycles. The highest BCUT2D eigenvalue weighted by Gasteiger charge is 2.15. The van der Waals surface area contributed by atoms with Crippen molar-refractivity contribution >= 4 is 11.8 Å². The van der Waals surface area contributed by atoms with Crippen LogP contribution < -0.4 is 10.6 Å². The molecule has 2 N–H and O–H groups in total. The van der Waals surface area contributed by atoms with Gasteiger partial charge in [0, 0.05) is 19.0 Å². The summed E-state index contributed by atoms with van der Waals surface area (Å²) in [7, 11) is 0. The number of nitrogens with one attached hydrogen (secondary N) is 2. The van der Waals surface area contributed by atoms with Gasteiger partial charge in [-0.1, -0.05) is 41.0 Å². The van der Waals surface area contributed by atoms with Gasteiger partial charge in [0.1, 0.15) is 6.61 Å². The van der Waals surface area contributed by atoms with Gasteiger partial charge in [-0.25, -0.2) is 0 Å². The summed E-state index contributed by atoms with van der Waals surface area (Å²) in [5.41, 5.74) is 0.104. The van der Waals surface area contributed by atoms with Crippen molar-refractivity contribution in [2.75, 3.05) is 65.9 Å². The molecule has 178 valence electrons. The third-order valence-corrected chi connectivity index (χ3v) is 4.79. The second kappa shape index (κ2) is 18.5. The first kappa shape index (κ1) is 28.8. The zero-order valence-electron chi connectivity index (χ0n) is 19.7. The Kier molecular flexibility index (Phi) is 17.8. The molecule has 0 aromatic rings. The Bertz CT molecular complexity index is 445. The number of hydrogen-bond acceptors (Lipinski definition) is 6. The molecule has 0 rings (SSSR count). The molecule has 0 aromatic heterocycles. The predicted octanol–water partition coefficient (Wildman–Crippen LogP) is 2.16. The summed E-state index contributed by atoms with van der Waals surface area (Å²) in [5.74, 6) is 0.0351. The molecule has 0 fully saturated rings. The highest BCUT2D eigenvalue weighted by molar-refractivity contribution is 5.78. The molecule has 2 amide bonds. The molecule has 0 bridgehead atoms. The van der Waals surface area contributed by atoms with Gasteiger partial charge >= 0.3 is 0 Å². The average Bonchev–Trinajstić information content (AvgIpc) is 2.72. The second-order valence-electron chi connectivity index (χ2n) is 8.16. The normalized spacial score (nSPS) is 12.6. The first-order chi connectivity index (χ1) is 14.3. The molecule has 0 aliphatic carbocycles. The first-order valence-electron chi connectivity index (χ1n) is 11.2. The van der Waals surface area contributed by atoms with Crippen LogP contribution in [0.25, 0.3) is 0 Å². The molecular formula is C22H44N2O6. The van der Waals surface area contributed by atoms with Gasteiger partial charge in [-0.3, -0.25) is 9.59 Å². The molecule has 0 aliphatic heterocycles. The monoisotopic (exact) mass is 432 g/mol. The maximum Gasteiger partial charge on any atom is 0.246 e. The standard InChI is InChI=1S/C22H44N2O6/c1-6-8-19(3)21(26)23-9-10-27-11-12-28-13-14-29-15-16-30-17-20(25)24-18-22(4,5)7-2/h19H,6-18H2,1-5H3,(H,23,26)(H,24,25). The summed E-state index contributed by atoms with van der Waals surface area (Å²) in [6.07, 6.45) is 2.92. The van der Waals surface area contributed by atoms with Gasteiger partial charge < -0.3 is 29.6 Å². The number of hydrogen-bond donors (Lipinski definition) is 2. The summed E-state index contributed by atoms with van der Waals surface area (Å²) in [6.45, 7) is 14.7. The molecule has 0 spiro atoms. The maximum absolute atomic E-state index is 11.7. The smallest absolute Gasteiger partial charge is 0.246 e. The zero-order chi connectivity index (χ0) is 22.7. The second-order valence-corrected chi connectivity index (χ2v) is 8.16. The summed E-state index contributed by atoms with van der Waals surface area (Å²) < 4.78 is 21.5. The lowest BCUT2D eigenvalue weighted by Crippen LogP contribution is -2.36. The van der Waals surface area contributed by atoms with Crippen LogP contribution in [0, 0.1) is 11.3 Å². The Labute approximate surface area is 182 Å². The molecule has 1 atom stereocenters. The van der Waals surface area contributed by atoms with E-state index in [4.69, 9.17) is 18.9 Å². The Balaban J connectivity index is 3.32. The molecule has 0 radical (unpaired) electrons. The van der Waals surface area contributed by atoms with Crippen LogP contribution in [0.2, 0.25) is 0 Å². The molecule has 0 heterocycles. The third-order valence-electron chi connectivity index (χ3n) is 4.79. The largest absolute Gasteiger partial charge is 0.377 e. The number of amides is 2. The van der Waals surface area contributed by atoms with Gasteiger partial charge in [-0.2, -0.15) is 0 Å². The Hall–Kier alpha value is -1.22. The summed E-state index contributed by atoms with van der Waals surface area (Å²) >= 11 is 0. The fourth-order valence-corrected chi connectivity index (χ4v) is 2.32. The van der Waals surface area contributed by atoms with E-state index < -0.39 is 0 Å². The van der Waals surface area contributed by atoms with Gasteiger partial charge in [0.2, 0.25) is 11.8 Å². The van der Waals surface area contributed by atoms with Crippen molar-refractivity contribution in [1.82, 2.24) is 10.6 Å². The lowest BCUT2D eigenvalue weighted by Gasteiger charge is -2.22. The quantitative estimate of drug-likeness (QED) is 0.286. The van der Waals surface area contributed by atoms with Crippen molar-refractivity contribution in [2.24, 2.45) is 11.3 Å². The van der Waals surface area contributed by atoms with Crippen LogP contribution in [0.3, 0.4) is 0 Å². The summed E-state index contributed by atoms with van der Waals surface area (Å²) in [6, 6.07) is 0. The van der Waals surface area contributed by atoms with Crippen molar-refractivity contribution in [3.05, 3.63) is 0 Å². The number of carbonyl (C=O) groups excluding carboxylic acids is 2. The molecule has 0 saturated carbocycles. The number of carbonyl (C=O) groups is 2. The predicted molar refractivity (Wildman–Crippen MR) is 117 cm³/mol. The first-order valence-corrected chi connectivity index (χ1v) is 11.2. The summed E-state index contributed by atoms with van der Waals surface area (Å²) in [4.78, 5) is 23.4. The van der Waals surface area contributed by atoms with E-state index in [1.807, 2.05) is 6.92 Å². The van der Waals surface area contributed by atoms with Crippen molar-refractivity contribution in [2.45, 2.75) is 53.9 Å². The fourth-order valence-electron chi connectivity index (χ4n) is 2.32. The highest BCUT2D eigenvalue weighted by Crippen LogP contribution is 2.17. The topological polar surface area (TPSA) is 95.1 Å². The Morgan fingerprint density at radius 2 is 1.37 bits per heavy atom. The van der Waals surface area contributed by atoms with Crippen LogP contribution in [0.15, 0.2) is 0 Å². The average molecular weight is 433 g/mol. The summed E-state index contributed by atoms with van der Waals surface area (Å²) in [5, 5.41) is 5.74. The van der Waals surface area contributed by atoms with Crippen LogP contribution in [0.4, 0.5) is 0 Å². The number of ether oxygens (including phenoxy) is 4. The molecular weight excluding hydrogens is 388 g/mol. The van der Waals surface area contributed by atoms with Gasteiger partial charge in [0.15, 0.2) is 0 Å². The van der Waals surface area contributed by atoms with Crippen molar-refractivity contribution in [3.63, 3.8) is 0 Å². The lowest BCUT2D eigenvalue weighted by molar-refractivity contribution is -0.127. The Morgan fingerprint density at radius 3 is 1.90 bits per heavy atom. The van der Waals surface area contributed by atoms with E-state index in [0.29, 0.717) is 59.3 Å². The Morgan fingerprint density at radius 1 is 0.833 bits per heavy atom. The minimum absolute atomic E-state index is 0.0506. The molecule has 0 aliphatic rings. The van der Waals surface area contributed by atoms with Crippen molar-refractivity contribution in [3.8, 4) is 0 Å². The molecule has 1 unspecified atom stereocenters. The van der Waals surface area contributed by atoms with Crippen molar-refractivity contribution in [1.29, 1.82) is 0 Å². The van der Waals surface area contributed by atoms with Gasteiger partial charge in [-0.15, -0.1) is 0 Å². The van der Waals surface area contributed by atoms with Gasteiger partial charge in [0.25, 0.3) is 0 Å². The molecule has 30 heavy (non-hydrogen) atoms. The van der Waals surface area contributed by atoms with Crippen LogP contribution in [-0.2, 0) is 28.5 Å². The SMILES string of the molecule is CCCC(C)C(=O)NCCOCCOCCOCCOCC(=O)NCC(C)(C)CC. The van der Waals surface area contributed by atoms with E-state index in [2.05, 4.69) is 38.3 Å². The van der Waals surface area contributed by atoms with Gasteiger partial charge in [0.05, 0.1) is 46.2 Å². The number of rotatable bonds is 20. The molecule has 0 saturated heterocycles.